The lowest BCUT2D eigenvalue weighted by Crippen LogP contribution is -2.00. The zero-order valence-electron chi connectivity index (χ0n) is 8.37. The lowest BCUT2D eigenvalue weighted by molar-refractivity contribution is 0.208. The molecule has 0 radical (unpaired) electrons. The SMILES string of the molecule is C/C=C/[C@H](O)CCCCCCC#N. The third-order valence-corrected chi connectivity index (χ3v) is 1.95. The van der Waals surface area contributed by atoms with Gasteiger partial charge < -0.3 is 5.11 Å². The van der Waals surface area contributed by atoms with Gasteiger partial charge in [-0.3, -0.25) is 0 Å². The standard InChI is InChI=1S/C11H19NO/c1-2-8-11(13)9-6-4-3-5-7-10-12/h2,8,11,13H,3-7,9H2,1H3/b8-2+/t11-/m0/s1. The predicted octanol–water partition coefficient (Wildman–Crippen LogP) is 2.79. The molecule has 0 saturated carbocycles. The minimum absolute atomic E-state index is 0.277. The molecule has 0 rings (SSSR count). The zero-order valence-corrected chi connectivity index (χ0v) is 8.37. The molecule has 0 spiro atoms. The van der Waals surface area contributed by atoms with Gasteiger partial charge in [-0.1, -0.05) is 31.4 Å². The van der Waals surface area contributed by atoms with E-state index in [1.165, 1.54) is 0 Å². The van der Waals surface area contributed by atoms with E-state index in [0.717, 1.165) is 32.1 Å². The van der Waals surface area contributed by atoms with E-state index in [1.807, 2.05) is 19.1 Å². The van der Waals surface area contributed by atoms with Crippen molar-refractivity contribution in [3.8, 4) is 6.07 Å². The summed E-state index contributed by atoms with van der Waals surface area (Å²) in [5.74, 6) is 0. The second-order valence-corrected chi connectivity index (χ2v) is 3.20. The van der Waals surface area contributed by atoms with Gasteiger partial charge in [0.15, 0.2) is 0 Å². The molecular weight excluding hydrogens is 162 g/mol. The summed E-state index contributed by atoms with van der Waals surface area (Å²) in [5, 5.41) is 17.6. The van der Waals surface area contributed by atoms with Crippen LogP contribution in [0.1, 0.15) is 45.4 Å². The Morgan fingerprint density at radius 3 is 2.62 bits per heavy atom. The van der Waals surface area contributed by atoms with Crippen LogP contribution in [0.2, 0.25) is 0 Å². The number of hydrogen-bond acceptors (Lipinski definition) is 2. The Morgan fingerprint density at radius 1 is 1.31 bits per heavy atom. The average molecular weight is 181 g/mol. The van der Waals surface area contributed by atoms with Crippen molar-refractivity contribution in [1.82, 2.24) is 0 Å². The summed E-state index contributed by atoms with van der Waals surface area (Å²) >= 11 is 0. The largest absolute Gasteiger partial charge is 0.389 e. The number of hydrogen-bond donors (Lipinski definition) is 1. The monoisotopic (exact) mass is 181 g/mol. The highest BCUT2D eigenvalue weighted by atomic mass is 16.3. The van der Waals surface area contributed by atoms with Crippen LogP contribution in [0.5, 0.6) is 0 Å². The van der Waals surface area contributed by atoms with Crippen LogP contribution in [-0.2, 0) is 0 Å². The Labute approximate surface area is 80.9 Å². The van der Waals surface area contributed by atoms with Gasteiger partial charge in [-0.15, -0.1) is 0 Å². The van der Waals surface area contributed by atoms with E-state index in [0.29, 0.717) is 6.42 Å². The highest BCUT2D eigenvalue weighted by molar-refractivity contribution is 4.84. The number of aliphatic hydroxyl groups excluding tert-OH is 1. The molecular formula is C11H19NO. The maximum absolute atomic E-state index is 9.31. The molecule has 0 aromatic rings. The topological polar surface area (TPSA) is 44.0 Å². The second kappa shape index (κ2) is 9.28. The van der Waals surface area contributed by atoms with Gasteiger partial charge in [0.05, 0.1) is 12.2 Å². The first-order chi connectivity index (χ1) is 6.31. The molecule has 0 heterocycles. The molecule has 1 atom stereocenters. The normalized spacial score (nSPS) is 13.0. The quantitative estimate of drug-likeness (QED) is 0.485. The van der Waals surface area contributed by atoms with Gasteiger partial charge >= 0.3 is 0 Å². The van der Waals surface area contributed by atoms with E-state index < -0.39 is 0 Å². The highest BCUT2D eigenvalue weighted by Gasteiger charge is 1.97. The van der Waals surface area contributed by atoms with Crippen LogP contribution in [0.15, 0.2) is 12.2 Å². The first kappa shape index (κ1) is 12.2. The molecule has 0 bridgehead atoms. The summed E-state index contributed by atoms with van der Waals surface area (Å²) in [6, 6.07) is 2.13. The Hall–Kier alpha value is -0.810. The van der Waals surface area contributed by atoms with E-state index in [1.54, 1.807) is 0 Å². The maximum Gasteiger partial charge on any atom is 0.0720 e. The summed E-state index contributed by atoms with van der Waals surface area (Å²) in [5.41, 5.74) is 0. The van der Waals surface area contributed by atoms with Gasteiger partial charge in [0.2, 0.25) is 0 Å². The lowest BCUT2D eigenvalue weighted by atomic mass is 10.1. The smallest absolute Gasteiger partial charge is 0.0720 e. The number of nitrogens with zero attached hydrogens (tertiary/aromatic N) is 1. The van der Waals surface area contributed by atoms with Crippen molar-refractivity contribution in [2.75, 3.05) is 0 Å². The molecule has 74 valence electrons. The van der Waals surface area contributed by atoms with Crippen molar-refractivity contribution in [2.45, 2.75) is 51.6 Å². The number of allylic oxidation sites excluding steroid dienone is 1. The van der Waals surface area contributed by atoms with E-state index in [-0.39, 0.29) is 6.10 Å². The third-order valence-electron chi connectivity index (χ3n) is 1.95. The van der Waals surface area contributed by atoms with Crippen LogP contribution in [0, 0.1) is 11.3 Å². The van der Waals surface area contributed by atoms with E-state index in [4.69, 9.17) is 5.26 Å². The van der Waals surface area contributed by atoms with Gasteiger partial charge in [0.1, 0.15) is 0 Å². The van der Waals surface area contributed by atoms with Crippen molar-refractivity contribution in [3.05, 3.63) is 12.2 Å². The number of aliphatic hydroxyl groups is 1. The zero-order chi connectivity index (χ0) is 9.94. The minimum Gasteiger partial charge on any atom is -0.389 e. The first-order valence-corrected chi connectivity index (χ1v) is 4.99. The van der Waals surface area contributed by atoms with Crippen molar-refractivity contribution in [2.24, 2.45) is 0 Å². The van der Waals surface area contributed by atoms with Crippen molar-refractivity contribution in [3.63, 3.8) is 0 Å². The fourth-order valence-electron chi connectivity index (χ4n) is 1.23. The molecule has 2 nitrogen and oxygen atoms in total. The van der Waals surface area contributed by atoms with Crippen molar-refractivity contribution >= 4 is 0 Å². The molecule has 0 unspecified atom stereocenters. The average Bonchev–Trinajstić information content (AvgIpc) is 2.11. The summed E-state index contributed by atoms with van der Waals surface area (Å²) in [6.45, 7) is 1.91. The van der Waals surface area contributed by atoms with Crippen molar-refractivity contribution < 1.29 is 5.11 Å². The maximum atomic E-state index is 9.31. The second-order valence-electron chi connectivity index (χ2n) is 3.20. The fraction of sp³-hybridized carbons (Fsp3) is 0.727. The van der Waals surface area contributed by atoms with Crippen molar-refractivity contribution in [1.29, 1.82) is 5.26 Å². The molecule has 0 amide bonds. The summed E-state index contributed by atoms with van der Waals surface area (Å²) in [7, 11) is 0. The predicted molar refractivity (Wildman–Crippen MR) is 54.1 cm³/mol. The van der Waals surface area contributed by atoms with Crippen LogP contribution in [0.25, 0.3) is 0 Å². The third kappa shape index (κ3) is 9.10. The fourth-order valence-corrected chi connectivity index (χ4v) is 1.23. The molecule has 0 aromatic heterocycles. The van der Waals surface area contributed by atoms with E-state index in [2.05, 4.69) is 6.07 Å². The van der Waals surface area contributed by atoms with Gasteiger partial charge in [0, 0.05) is 6.42 Å². The first-order valence-electron chi connectivity index (χ1n) is 4.99. The number of unbranched alkanes of at least 4 members (excludes halogenated alkanes) is 4. The molecule has 2 heteroatoms. The van der Waals surface area contributed by atoms with Gasteiger partial charge in [-0.2, -0.15) is 5.26 Å². The molecule has 1 N–H and O–H groups in total. The molecule has 0 aromatic carbocycles. The number of rotatable bonds is 7. The van der Waals surface area contributed by atoms with Crippen LogP contribution in [0.4, 0.5) is 0 Å². The Bertz CT molecular complexity index is 169. The van der Waals surface area contributed by atoms with E-state index in [9.17, 15) is 5.11 Å². The summed E-state index contributed by atoms with van der Waals surface area (Å²) in [4.78, 5) is 0. The molecule has 0 aliphatic carbocycles. The lowest BCUT2D eigenvalue weighted by Gasteiger charge is -2.03. The molecule has 13 heavy (non-hydrogen) atoms. The van der Waals surface area contributed by atoms with Crippen LogP contribution >= 0.6 is 0 Å². The van der Waals surface area contributed by atoms with E-state index >= 15 is 0 Å². The summed E-state index contributed by atoms with van der Waals surface area (Å²) < 4.78 is 0. The highest BCUT2D eigenvalue weighted by Crippen LogP contribution is 2.07. The Morgan fingerprint density at radius 2 is 2.00 bits per heavy atom. The van der Waals surface area contributed by atoms with Gasteiger partial charge in [0.25, 0.3) is 0 Å². The summed E-state index contributed by atoms with van der Waals surface area (Å²) in [6.07, 6.45) is 9.20. The van der Waals surface area contributed by atoms with Crippen LogP contribution in [0.3, 0.4) is 0 Å². The molecule has 0 fully saturated rings. The van der Waals surface area contributed by atoms with Crippen LogP contribution < -0.4 is 0 Å². The van der Waals surface area contributed by atoms with Gasteiger partial charge in [-0.25, -0.2) is 0 Å². The number of nitriles is 1. The Kier molecular flexibility index (Phi) is 8.70. The van der Waals surface area contributed by atoms with Gasteiger partial charge in [-0.05, 0) is 19.8 Å². The Balaban J connectivity index is 3.12. The van der Waals surface area contributed by atoms with Crippen LogP contribution in [-0.4, -0.2) is 11.2 Å². The molecule has 0 saturated heterocycles. The molecule has 0 aliphatic rings. The minimum atomic E-state index is -0.277. The molecule has 0 aliphatic heterocycles.